The van der Waals surface area contributed by atoms with Gasteiger partial charge in [-0.2, -0.15) is 12.6 Å². The van der Waals surface area contributed by atoms with Gasteiger partial charge in [0, 0.05) is 0 Å². The van der Waals surface area contributed by atoms with Crippen molar-refractivity contribution in [3.63, 3.8) is 0 Å². The van der Waals surface area contributed by atoms with E-state index in [1.165, 1.54) is 0 Å². The van der Waals surface area contributed by atoms with E-state index in [1.54, 1.807) is 0 Å². The smallest absolute Gasteiger partial charge is 0.315 e. The fraction of sp³-hybridized carbons (Fsp3) is 0.875. The average Bonchev–Trinajstić information content (AvgIpc) is 2.03. The van der Waals surface area contributed by atoms with Gasteiger partial charge in [-0.1, -0.05) is 20.3 Å². The number of carbonyl (C=O) groups is 1. The maximum atomic E-state index is 10.8. The molecule has 0 aliphatic carbocycles. The molecule has 0 radical (unpaired) electrons. The van der Waals surface area contributed by atoms with E-state index in [2.05, 4.69) is 19.6 Å². The quantitative estimate of drug-likeness (QED) is 0.512. The van der Waals surface area contributed by atoms with Gasteiger partial charge < -0.3 is 4.74 Å². The van der Waals surface area contributed by atoms with Crippen LogP contribution in [-0.2, 0) is 9.53 Å². The van der Waals surface area contributed by atoms with Gasteiger partial charge in [-0.25, -0.2) is 0 Å². The first kappa shape index (κ1) is 10.8. The second-order valence-electron chi connectivity index (χ2n) is 2.47. The lowest BCUT2D eigenvalue weighted by Gasteiger charge is -2.13. The molecule has 0 saturated heterocycles. The fourth-order valence-corrected chi connectivity index (χ4v) is 0.966. The van der Waals surface area contributed by atoms with Crippen LogP contribution >= 0.6 is 12.6 Å². The summed E-state index contributed by atoms with van der Waals surface area (Å²) in [4.78, 5) is 10.8. The van der Waals surface area contributed by atoms with Crippen molar-refractivity contribution in [2.75, 3.05) is 5.75 Å². The Labute approximate surface area is 73.7 Å². The molecular formula is C8H16O2S. The molecule has 0 aliphatic heterocycles. The minimum atomic E-state index is -0.214. The molecule has 0 fully saturated rings. The number of hydrogen-bond acceptors (Lipinski definition) is 3. The molecule has 0 spiro atoms. The van der Waals surface area contributed by atoms with Crippen molar-refractivity contribution in [1.29, 1.82) is 0 Å². The highest BCUT2D eigenvalue weighted by Gasteiger charge is 2.09. The second kappa shape index (κ2) is 6.53. The molecule has 0 amide bonds. The predicted molar refractivity (Wildman–Crippen MR) is 48.9 cm³/mol. The summed E-state index contributed by atoms with van der Waals surface area (Å²) in [5, 5.41) is 0. The number of carbonyl (C=O) groups excluding carboxylic acids is 1. The molecule has 1 unspecified atom stereocenters. The SMILES string of the molecule is CCCC(CC)OC(=O)CS. The lowest BCUT2D eigenvalue weighted by atomic mass is 10.2. The van der Waals surface area contributed by atoms with E-state index in [1.807, 2.05) is 6.92 Å². The van der Waals surface area contributed by atoms with Crippen LogP contribution in [0.3, 0.4) is 0 Å². The Morgan fingerprint density at radius 3 is 2.55 bits per heavy atom. The Balaban J connectivity index is 3.58. The minimum absolute atomic E-state index is 0.0969. The molecule has 0 saturated carbocycles. The van der Waals surface area contributed by atoms with Crippen LogP contribution in [0.4, 0.5) is 0 Å². The molecule has 0 aromatic heterocycles. The van der Waals surface area contributed by atoms with Crippen molar-refractivity contribution in [2.24, 2.45) is 0 Å². The third-order valence-corrected chi connectivity index (χ3v) is 1.75. The monoisotopic (exact) mass is 176 g/mol. The summed E-state index contributed by atoms with van der Waals surface area (Å²) in [6.07, 6.45) is 3.00. The summed E-state index contributed by atoms with van der Waals surface area (Å²) in [6.45, 7) is 4.10. The van der Waals surface area contributed by atoms with Gasteiger partial charge in [0.2, 0.25) is 0 Å². The number of hydrogen-bond donors (Lipinski definition) is 1. The fourth-order valence-electron chi connectivity index (χ4n) is 0.892. The van der Waals surface area contributed by atoms with Crippen molar-refractivity contribution in [3.05, 3.63) is 0 Å². The molecule has 0 aliphatic rings. The van der Waals surface area contributed by atoms with Crippen LogP contribution in [-0.4, -0.2) is 17.8 Å². The third kappa shape index (κ3) is 5.13. The molecule has 2 nitrogen and oxygen atoms in total. The average molecular weight is 176 g/mol. The zero-order chi connectivity index (χ0) is 8.69. The summed E-state index contributed by atoms with van der Waals surface area (Å²) < 4.78 is 5.07. The van der Waals surface area contributed by atoms with Crippen molar-refractivity contribution < 1.29 is 9.53 Å². The number of esters is 1. The van der Waals surface area contributed by atoms with Gasteiger partial charge >= 0.3 is 5.97 Å². The first-order valence-corrected chi connectivity index (χ1v) is 4.68. The normalized spacial score (nSPS) is 12.6. The van der Waals surface area contributed by atoms with Gasteiger partial charge in [0.1, 0.15) is 6.10 Å². The Bertz CT molecular complexity index is 115. The number of rotatable bonds is 5. The highest BCUT2D eigenvalue weighted by Crippen LogP contribution is 2.06. The standard InChI is InChI=1S/C8H16O2S/c1-3-5-7(4-2)10-8(9)6-11/h7,11H,3-6H2,1-2H3. The van der Waals surface area contributed by atoms with E-state index in [-0.39, 0.29) is 17.8 Å². The summed E-state index contributed by atoms with van der Waals surface area (Å²) in [7, 11) is 0. The van der Waals surface area contributed by atoms with Gasteiger partial charge in [0.15, 0.2) is 0 Å². The van der Waals surface area contributed by atoms with Crippen LogP contribution < -0.4 is 0 Å². The molecule has 0 aromatic carbocycles. The first-order chi connectivity index (χ1) is 5.24. The van der Waals surface area contributed by atoms with Gasteiger partial charge in [0.05, 0.1) is 5.75 Å². The van der Waals surface area contributed by atoms with Crippen LogP contribution in [0.25, 0.3) is 0 Å². The zero-order valence-corrected chi connectivity index (χ0v) is 8.06. The van der Waals surface area contributed by atoms with E-state index >= 15 is 0 Å². The van der Waals surface area contributed by atoms with E-state index in [0.29, 0.717) is 0 Å². The first-order valence-electron chi connectivity index (χ1n) is 4.04. The van der Waals surface area contributed by atoms with E-state index < -0.39 is 0 Å². The lowest BCUT2D eigenvalue weighted by molar-refractivity contribution is -0.146. The molecule has 66 valence electrons. The molecular weight excluding hydrogens is 160 g/mol. The maximum absolute atomic E-state index is 10.8. The van der Waals surface area contributed by atoms with E-state index in [0.717, 1.165) is 19.3 Å². The van der Waals surface area contributed by atoms with Crippen molar-refractivity contribution >= 4 is 18.6 Å². The molecule has 3 heteroatoms. The topological polar surface area (TPSA) is 26.3 Å². The van der Waals surface area contributed by atoms with E-state index in [4.69, 9.17) is 4.74 Å². The second-order valence-corrected chi connectivity index (χ2v) is 2.78. The highest BCUT2D eigenvalue weighted by atomic mass is 32.1. The summed E-state index contributed by atoms with van der Waals surface area (Å²) >= 11 is 3.82. The minimum Gasteiger partial charge on any atom is -0.462 e. The van der Waals surface area contributed by atoms with Gasteiger partial charge in [0.25, 0.3) is 0 Å². The Morgan fingerprint density at radius 2 is 2.18 bits per heavy atom. The van der Waals surface area contributed by atoms with Gasteiger partial charge in [-0.3, -0.25) is 4.79 Å². The number of thiol groups is 1. The summed E-state index contributed by atoms with van der Waals surface area (Å²) in [6, 6.07) is 0. The lowest BCUT2D eigenvalue weighted by Crippen LogP contribution is -2.17. The van der Waals surface area contributed by atoms with Crippen LogP contribution in [0.1, 0.15) is 33.1 Å². The van der Waals surface area contributed by atoms with Crippen LogP contribution in [0.2, 0.25) is 0 Å². The third-order valence-electron chi connectivity index (χ3n) is 1.49. The molecule has 1 atom stereocenters. The molecule has 0 heterocycles. The number of ether oxygens (including phenoxy) is 1. The van der Waals surface area contributed by atoms with Crippen molar-refractivity contribution in [1.82, 2.24) is 0 Å². The van der Waals surface area contributed by atoms with E-state index in [9.17, 15) is 4.79 Å². The molecule has 0 rings (SSSR count). The largest absolute Gasteiger partial charge is 0.462 e. The van der Waals surface area contributed by atoms with Gasteiger partial charge in [-0.15, -0.1) is 0 Å². The highest BCUT2D eigenvalue weighted by molar-refractivity contribution is 7.81. The van der Waals surface area contributed by atoms with Crippen molar-refractivity contribution in [3.8, 4) is 0 Å². The predicted octanol–water partition coefficient (Wildman–Crippen LogP) is 2.04. The van der Waals surface area contributed by atoms with Crippen molar-refractivity contribution in [2.45, 2.75) is 39.2 Å². The summed E-state index contributed by atoms with van der Waals surface area (Å²) in [5.41, 5.74) is 0. The Kier molecular flexibility index (Phi) is 6.42. The van der Waals surface area contributed by atoms with Crippen LogP contribution in [0, 0.1) is 0 Å². The van der Waals surface area contributed by atoms with Crippen LogP contribution in [0.5, 0.6) is 0 Å². The van der Waals surface area contributed by atoms with Crippen LogP contribution in [0.15, 0.2) is 0 Å². The zero-order valence-electron chi connectivity index (χ0n) is 7.17. The Morgan fingerprint density at radius 1 is 1.55 bits per heavy atom. The Hall–Kier alpha value is -0.180. The van der Waals surface area contributed by atoms with Gasteiger partial charge in [-0.05, 0) is 12.8 Å². The molecule has 0 N–H and O–H groups in total. The molecule has 0 bridgehead atoms. The molecule has 11 heavy (non-hydrogen) atoms. The summed E-state index contributed by atoms with van der Waals surface area (Å²) in [5.74, 6) is -0.0335. The molecule has 0 aromatic rings. The maximum Gasteiger partial charge on any atom is 0.315 e.